The van der Waals surface area contributed by atoms with Gasteiger partial charge in [0.15, 0.2) is 0 Å². The van der Waals surface area contributed by atoms with Crippen molar-refractivity contribution in [2.24, 2.45) is 0 Å². The molecule has 3 aromatic rings. The topological polar surface area (TPSA) is 85.1 Å². The van der Waals surface area contributed by atoms with Gasteiger partial charge < -0.3 is 20.0 Å². The van der Waals surface area contributed by atoms with Crippen molar-refractivity contribution in [1.29, 1.82) is 0 Å². The number of hydrogen-bond donors (Lipinski definition) is 1. The molecule has 0 aliphatic carbocycles. The fourth-order valence-corrected chi connectivity index (χ4v) is 4.92. The van der Waals surface area contributed by atoms with E-state index in [4.69, 9.17) is 9.97 Å². The zero-order valence-electron chi connectivity index (χ0n) is 20.9. The van der Waals surface area contributed by atoms with Crippen molar-refractivity contribution in [2.75, 3.05) is 68.7 Å². The molecule has 0 bridgehead atoms. The van der Waals surface area contributed by atoms with Gasteiger partial charge in [0.25, 0.3) is 0 Å². The zero-order chi connectivity index (χ0) is 24.4. The van der Waals surface area contributed by atoms with E-state index in [-0.39, 0.29) is 6.03 Å². The molecule has 2 fully saturated rings. The summed E-state index contributed by atoms with van der Waals surface area (Å²) in [6.45, 7) is 14.1. The summed E-state index contributed by atoms with van der Waals surface area (Å²) >= 11 is 0. The summed E-state index contributed by atoms with van der Waals surface area (Å²) in [6, 6.07) is 4.77. The van der Waals surface area contributed by atoms with E-state index in [0.29, 0.717) is 25.7 Å². The normalized spacial score (nSPS) is 17.4. The predicted molar refractivity (Wildman–Crippen MR) is 138 cm³/mol. The van der Waals surface area contributed by atoms with E-state index in [1.165, 1.54) is 0 Å². The molecule has 0 unspecified atom stereocenters. The molecule has 186 valence electrons. The summed E-state index contributed by atoms with van der Waals surface area (Å²) in [6.07, 6.45) is 7.59. The first kappa shape index (κ1) is 23.3. The lowest BCUT2D eigenvalue weighted by Gasteiger charge is -2.37. The summed E-state index contributed by atoms with van der Waals surface area (Å²) in [7, 11) is 0. The monoisotopic (exact) mass is 477 g/mol. The van der Waals surface area contributed by atoms with Crippen LogP contribution in [0, 0.1) is 0 Å². The smallest absolute Gasteiger partial charge is 0.317 e. The summed E-state index contributed by atoms with van der Waals surface area (Å²) in [5.41, 5.74) is 3.99. The lowest BCUT2D eigenvalue weighted by atomic mass is 10.2. The van der Waals surface area contributed by atoms with Gasteiger partial charge in [0.2, 0.25) is 0 Å². The quantitative estimate of drug-likeness (QED) is 0.603. The largest absolute Gasteiger partial charge is 0.366 e. The Hall–Kier alpha value is -3.40. The summed E-state index contributed by atoms with van der Waals surface area (Å²) in [4.78, 5) is 30.6. The molecule has 0 spiro atoms. The van der Waals surface area contributed by atoms with Gasteiger partial charge in [0.05, 0.1) is 29.3 Å². The number of urea groups is 1. The maximum atomic E-state index is 12.1. The average molecular weight is 478 g/mol. The maximum absolute atomic E-state index is 12.1. The van der Waals surface area contributed by atoms with Crippen molar-refractivity contribution in [1.82, 2.24) is 34.7 Å². The molecule has 2 aliphatic rings. The molecule has 0 aromatic carbocycles. The van der Waals surface area contributed by atoms with E-state index in [1.54, 1.807) is 0 Å². The number of hydrogen-bond acceptors (Lipinski definition) is 7. The molecule has 0 atom stereocenters. The van der Waals surface area contributed by atoms with Crippen molar-refractivity contribution in [3.63, 3.8) is 0 Å². The molecule has 2 saturated heterocycles. The van der Waals surface area contributed by atoms with Crippen LogP contribution in [0.25, 0.3) is 16.8 Å². The fourth-order valence-electron chi connectivity index (χ4n) is 4.92. The molecular formula is C25H35N9O. The van der Waals surface area contributed by atoms with Crippen molar-refractivity contribution in [2.45, 2.75) is 26.8 Å². The van der Waals surface area contributed by atoms with Gasteiger partial charge in [-0.25, -0.2) is 14.3 Å². The number of piperazine rings is 2. The van der Waals surface area contributed by atoms with E-state index in [2.05, 4.69) is 45.0 Å². The number of aromatic nitrogens is 4. The number of nitrogens with zero attached hydrogens (tertiary/aromatic N) is 8. The first-order chi connectivity index (χ1) is 17.0. The predicted octanol–water partition coefficient (Wildman–Crippen LogP) is 2.17. The highest BCUT2D eigenvalue weighted by Crippen LogP contribution is 2.28. The second kappa shape index (κ2) is 10.1. The minimum absolute atomic E-state index is 0.0146. The van der Waals surface area contributed by atoms with Crippen LogP contribution in [0.3, 0.4) is 0 Å². The van der Waals surface area contributed by atoms with Gasteiger partial charge in [0, 0.05) is 82.9 Å². The van der Waals surface area contributed by atoms with Gasteiger partial charge in [-0.2, -0.15) is 5.10 Å². The van der Waals surface area contributed by atoms with E-state index in [0.717, 1.165) is 67.5 Å². The third-order valence-corrected chi connectivity index (χ3v) is 7.02. The highest BCUT2D eigenvalue weighted by molar-refractivity contribution is 5.79. The third-order valence-electron chi connectivity index (χ3n) is 7.02. The van der Waals surface area contributed by atoms with Gasteiger partial charge in [-0.1, -0.05) is 0 Å². The Morgan fingerprint density at radius 1 is 1.00 bits per heavy atom. The van der Waals surface area contributed by atoms with E-state index >= 15 is 0 Å². The van der Waals surface area contributed by atoms with Crippen LogP contribution in [0.1, 0.15) is 20.8 Å². The Morgan fingerprint density at radius 2 is 1.74 bits per heavy atom. The van der Waals surface area contributed by atoms with Crippen LogP contribution in [-0.2, 0) is 0 Å². The average Bonchev–Trinajstić information content (AvgIpc) is 3.34. The van der Waals surface area contributed by atoms with Crippen LogP contribution in [0.4, 0.5) is 16.3 Å². The summed E-state index contributed by atoms with van der Waals surface area (Å²) in [5.74, 6) is 0.935. The van der Waals surface area contributed by atoms with Gasteiger partial charge >= 0.3 is 6.03 Å². The number of anilines is 2. The maximum Gasteiger partial charge on any atom is 0.317 e. The van der Waals surface area contributed by atoms with Crippen LogP contribution >= 0.6 is 0 Å². The summed E-state index contributed by atoms with van der Waals surface area (Å²) < 4.78 is 1.90. The zero-order valence-corrected chi connectivity index (χ0v) is 20.9. The van der Waals surface area contributed by atoms with E-state index in [9.17, 15) is 4.79 Å². The molecular weight excluding hydrogens is 442 g/mol. The van der Waals surface area contributed by atoms with Crippen LogP contribution < -0.4 is 15.1 Å². The minimum Gasteiger partial charge on any atom is -0.366 e. The van der Waals surface area contributed by atoms with Crippen molar-refractivity contribution in [3.8, 4) is 11.3 Å². The first-order valence-electron chi connectivity index (χ1n) is 12.6. The Kier molecular flexibility index (Phi) is 6.72. The van der Waals surface area contributed by atoms with Gasteiger partial charge in [-0.3, -0.25) is 9.88 Å². The lowest BCUT2D eigenvalue weighted by Crippen LogP contribution is -2.51. The third kappa shape index (κ3) is 4.88. The number of carbonyl (C=O) groups is 1. The SMILES string of the molecule is CCNC(=O)N1CCN(c2ccnn3cc(-c4cnc(N5CCN(C(C)C)CC5)cn4)cc23)CC1. The lowest BCUT2D eigenvalue weighted by molar-refractivity contribution is 0.195. The molecule has 2 amide bonds. The van der Waals surface area contributed by atoms with Gasteiger partial charge in [-0.15, -0.1) is 0 Å². The molecule has 1 N–H and O–H groups in total. The molecule has 10 heteroatoms. The first-order valence-corrected chi connectivity index (χ1v) is 12.6. The van der Waals surface area contributed by atoms with Crippen LogP contribution in [0.2, 0.25) is 0 Å². The Labute approximate surface area is 206 Å². The van der Waals surface area contributed by atoms with Crippen molar-refractivity contribution in [3.05, 3.63) is 36.9 Å². The minimum atomic E-state index is 0.0146. The molecule has 0 radical (unpaired) electrons. The Balaban J connectivity index is 1.29. The van der Waals surface area contributed by atoms with Crippen molar-refractivity contribution < 1.29 is 4.79 Å². The number of nitrogens with one attached hydrogen (secondary N) is 1. The standard InChI is InChI=1S/C25H35N9O/c1-4-26-25(35)33-13-9-31(10-14-33)22-5-6-29-34-18-20(15-23(22)34)21-16-28-24(17-27-21)32-11-7-30(8-12-32)19(2)3/h5-6,15-19H,4,7-14H2,1-3H3,(H,26,35). The number of rotatable bonds is 5. The van der Waals surface area contributed by atoms with E-state index < -0.39 is 0 Å². The molecule has 35 heavy (non-hydrogen) atoms. The highest BCUT2D eigenvalue weighted by atomic mass is 16.2. The number of carbonyl (C=O) groups excluding carboxylic acids is 1. The fraction of sp³-hybridized carbons (Fsp3) is 0.520. The number of amides is 2. The molecule has 3 aromatic heterocycles. The molecule has 0 saturated carbocycles. The Bertz CT molecular complexity index is 1140. The molecule has 2 aliphatic heterocycles. The van der Waals surface area contributed by atoms with Crippen LogP contribution in [-0.4, -0.2) is 100 Å². The Morgan fingerprint density at radius 3 is 2.40 bits per heavy atom. The number of fused-ring (bicyclic) bond motifs is 1. The van der Waals surface area contributed by atoms with Gasteiger partial charge in [0.1, 0.15) is 5.82 Å². The molecule has 5 heterocycles. The molecule has 5 rings (SSSR count). The van der Waals surface area contributed by atoms with Crippen LogP contribution in [0.5, 0.6) is 0 Å². The van der Waals surface area contributed by atoms with Crippen LogP contribution in [0.15, 0.2) is 36.9 Å². The van der Waals surface area contributed by atoms with Gasteiger partial charge in [-0.05, 0) is 32.9 Å². The second-order valence-electron chi connectivity index (χ2n) is 9.46. The second-order valence-corrected chi connectivity index (χ2v) is 9.46. The van der Waals surface area contributed by atoms with Crippen molar-refractivity contribution >= 4 is 23.1 Å². The molecule has 10 nitrogen and oxygen atoms in total. The highest BCUT2D eigenvalue weighted by Gasteiger charge is 2.23. The van der Waals surface area contributed by atoms with E-state index in [1.807, 2.05) is 47.2 Å². The summed E-state index contributed by atoms with van der Waals surface area (Å²) in [5, 5.41) is 7.41.